The third-order valence-corrected chi connectivity index (χ3v) is 2.83. The molecule has 0 spiro atoms. The summed E-state index contributed by atoms with van der Waals surface area (Å²) in [6.07, 6.45) is 3.19. The van der Waals surface area contributed by atoms with Gasteiger partial charge >= 0.3 is 0 Å². The Balaban J connectivity index is 2.15. The Labute approximate surface area is 116 Å². The smallest absolute Gasteiger partial charge is 0.246 e. The molecule has 1 aromatic carbocycles. The number of phenolic OH excluding ortho intramolecular Hbond substituents is 1. The Bertz CT molecular complexity index is 624. The lowest BCUT2D eigenvalue weighted by molar-refractivity contribution is -0.117. The number of benzene rings is 1. The SMILES string of the molecule is COc1ccc(O)c(NC(=O)C(N)c2cnn(C)c2)c1. The Kier molecular flexibility index (Phi) is 3.90. The molecule has 1 unspecified atom stereocenters. The van der Waals surface area contributed by atoms with E-state index < -0.39 is 11.9 Å². The Morgan fingerprint density at radius 1 is 1.55 bits per heavy atom. The second kappa shape index (κ2) is 5.62. The lowest BCUT2D eigenvalue weighted by atomic mass is 10.1. The van der Waals surface area contributed by atoms with Crippen LogP contribution >= 0.6 is 0 Å². The van der Waals surface area contributed by atoms with Gasteiger partial charge in [-0.25, -0.2) is 0 Å². The molecule has 0 aliphatic carbocycles. The van der Waals surface area contributed by atoms with Crippen LogP contribution in [0.1, 0.15) is 11.6 Å². The summed E-state index contributed by atoms with van der Waals surface area (Å²) in [4.78, 5) is 12.0. The van der Waals surface area contributed by atoms with Gasteiger partial charge in [-0.1, -0.05) is 0 Å². The fourth-order valence-electron chi connectivity index (χ4n) is 1.70. The first-order chi connectivity index (χ1) is 9.51. The van der Waals surface area contributed by atoms with Crippen LogP contribution in [0.5, 0.6) is 11.5 Å². The number of phenols is 1. The van der Waals surface area contributed by atoms with Crippen molar-refractivity contribution in [3.63, 3.8) is 0 Å². The zero-order chi connectivity index (χ0) is 14.7. The van der Waals surface area contributed by atoms with Gasteiger partial charge in [-0.05, 0) is 12.1 Å². The molecule has 1 atom stereocenters. The van der Waals surface area contributed by atoms with Crippen molar-refractivity contribution < 1.29 is 14.6 Å². The summed E-state index contributed by atoms with van der Waals surface area (Å²) in [6, 6.07) is 3.67. The standard InChI is InChI=1S/C13H16N4O3/c1-17-7-8(6-15-17)12(14)13(19)16-10-5-9(20-2)3-4-11(10)18/h3-7,12,18H,14H2,1-2H3,(H,16,19). The number of aromatic hydroxyl groups is 1. The minimum atomic E-state index is -0.866. The van der Waals surface area contributed by atoms with Crippen molar-refractivity contribution in [1.82, 2.24) is 9.78 Å². The molecule has 2 aromatic rings. The first-order valence-corrected chi connectivity index (χ1v) is 5.93. The largest absolute Gasteiger partial charge is 0.506 e. The molecule has 0 fully saturated rings. The third-order valence-electron chi connectivity index (χ3n) is 2.83. The van der Waals surface area contributed by atoms with Gasteiger partial charge in [0, 0.05) is 24.9 Å². The second-order valence-electron chi connectivity index (χ2n) is 4.30. The van der Waals surface area contributed by atoms with Crippen molar-refractivity contribution in [3.8, 4) is 11.5 Å². The molecule has 0 saturated heterocycles. The normalized spacial score (nSPS) is 11.9. The highest BCUT2D eigenvalue weighted by molar-refractivity contribution is 5.96. The molecule has 1 amide bonds. The van der Waals surface area contributed by atoms with Gasteiger partial charge < -0.3 is 20.9 Å². The number of carbonyl (C=O) groups is 1. The number of methoxy groups -OCH3 is 1. The maximum absolute atomic E-state index is 12.0. The van der Waals surface area contributed by atoms with E-state index in [9.17, 15) is 9.90 Å². The quantitative estimate of drug-likeness (QED) is 0.716. The fraction of sp³-hybridized carbons (Fsp3) is 0.231. The number of nitrogens with one attached hydrogen (secondary N) is 1. The van der Waals surface area contributed by atoms with Gasteiger partial charge in [0.05, 0.1) is 19.0 Å². The van der Waals surface area contributed by atoms with Crippen LogP contribution in [0, 0.1) is 0 Å². The third kappa shape index (κ3) is 2.89. The molecule has 2 rings (SSSR count). The van der Waals surface area contributed by atoms with Crippen molar-refractivity contribution >= 4 is 11.6 Å². The fourth-order valence-corrected chi connectivity index (χ4v) is 1.70. The molecule has 0 radical (unpaired) electrons. The monoisotopic (exact) mass is 276 g/mol. The van der Waals surface area contributed by atoms with Crippen molar-refractivity contribution in [1.29, 1.82) is 0 Å². The molecule has 7 heteroatoms. The average molecular weight is 276 g/mol. The van der Waals surface area contributed by atoms with Gasteiger partial charge in [0.2, 0.25) is 5.91 Å². The lowest BCUT2D eigenvalue weighted by Crippen LogP contribution is -2.27. The molecular weight excluding hydrogens is 260 g/mol. The molecule has 0 bridgehead atoms. The molecule has 20 heavy (non-hydrogen) atoms. The summed E-state index contributed by atoms with van der Waals surface area (Å²) in [5.74, 6) is 0.0205. The van der Waals surface area contributed by atoms with Crippen LogP contribution in [0.25, 0.3) is 0 Å². The first-order valence-electron chi connectivity index (χ1n) is 5.93. The van der Waals surface area contributed by atoms with Crippen LogP contribution < -0.4 is 15.8 Å². The zero-order valence-corrected chi connectivity index (χ0v) is 11.2. The van der Waals surface area contributed by atoms with Crippen LogP contribution in [0.15, 0.2) is 30.6 Å². The van der Waals surface area contributed by atoms with Gasteiger partial charge in [0.1, 0.15) is 17.5 Å². The van der Waals surface area contributed by atoms with Crippen LogP contribution in [0.2, 0.25) is 0 Å². The number of nitrogens with zero attached hydrogens (tertiary/aromatic N) is 2. The molecule has 1 aromatic heterocycles. The Hall–Kier alpha value is -2.54. The molecule has 7 nitrogen and oxygen atoms in total. The Morgan fingerprint density at radius 2 is 2.30 bits per heavy atom. The molecular formula is C13H16N4O3. The highest BCUT2D eigenvalue weighted by atomic mass is 16.5. The average Bonchev–Trinajstić information content (AvgIpc) is 2.87. The van der Waals surface area contributed by atoms with E-state index in [2.05, 4.69) is 10.4 Å². The summed E-state index contributed by atoms with van der Waals surface area (Å²) in [6.45, 7) is 0. The van der Waals surface area contributed by atoms with Crippen molar-refractivity contribution in [3.05, 3.63) is 36.2 Å². The highest BCUT2D eigenvalue weighted by Crippen LogP contribution is 2.28. The zero-order valence-electron chi connectivity index (χ0n) is 11.2. The van der Waals surface area contributed by atoms with Crippen molar-refractivity contribution in [2.75, 3.05) is 12.4 Å². The molecule has 1 heterocycles. The highest BCUT2D eigenvalue weighted by Gasteiger charge is 2.18. The minimum Gasteiger partial charge on any atom is -0.506 e. The van der Waals surface area contributed by atoms with Crippen LogP contribution in [-0.2, 0) is 11.8 Å². The number of carbonyl (C=O) groups excluding carboxylic acids is 1. The summed E-state index contributed by atoms with van der Waals surface area (Å²) in [5, 5.41) is 16.2. The summed E-state index contributed by atoms with van der Waals surface area (Å²) < 4.78 is 6.59. The predicted molar refractivity (Wildman–Crippen MR) is 73.4 cm³/mol. The van der Waals surface area contributed by atoms with Crippen LogP contribution in [0.3, 0.4) is 0 Å². The number of aromatic nitrogens is 2. The minimum absolute atomic E-state index is 0.0578. The van der Waals surface area contributed by atoms with E-state index in [4.69, 9.17) is 10.5 Å². The summed E-state index contributed by atoms with van der Waals surface area (Å²) in [7, 11) is 3.24. The van der Waals surface area contributed by atoms with Crippen molar-refractivity contribution in [2.24, 2.45) is 12.8 Å². The summed E-state index contributed by atoms with van der Waals surface area (Å²) >= 11 is 0. The van der Waals surface area contributed by atoms with Gasteiger partial charge in [-0.15, -0.1) is 0 Å². The van der Waals surface area contributed by atoms with E-state index in [1.165, 1.54) is 25.4 Å². The summed E-state index contributed by atoms with van der Waals surface area (Å²) in [5.41, 5.74) is 6.68. The number of nitrogens with two attached hydrogens (primary N) is 1. The number of anilines is 1. The van der Waals surface area contributed by atoms with E-state index in [1.54, 1.807) is 24.0 Å². The van der Waals surface area contributed by atoms with E-state index in [0.717, 1.165) is 0 Å². The maximum atomic E-state index is 12.0. The molecule has 4 N–H and O–H groups in total. The van der Waals surface area contributed by atoms with E-state index >= 15 is 0 Å². The van der Waals surface area contributed by atoms with E-state index in [1.807, 2.05) is 0 Å². The second-order valence-corrected chi connectivity index (χ2v) is 4.30. The topological polar surface area (TPSA) is 102 Å². The molecule has 0 saturated carbocycles. The first kappa shape index (κ1) is 13.9. The van der Waals surface area contributed by atoms with Crippen LogP contribution in [0.4, 0.5) is 5.69 Å². The number of aryl methyl sites for hydroxylation is 1. The van der Waals surface area contributed by atoms with E-state index in [0.29, 0.717) is 11.3 Å². The number of ether oxygens (including phenoxy) is 1. The predicted octanol–water partition coefficient (Wildman–Crippen LogP) is 0.773. The molecule has 106 valence electrons. The van der Waals surface area contributed by atoms with Crippen molar-refractivity contribution in [2.45, 2.75) is 6.04 Å². The number of hydrogen-bond donors (Lipinski definition) is 3. The van der Waals surface area contributed by atoms with E-state index in [-0.39, 0.29) is 11.4 Å². The van der Waals surface area contributed by atoms with Gasteiger partial charge in [0.15, 0.2) is 0 Å². The van der Waals surface area contributed by atoms with Crippen LogP contribution in [-0.4, -0.2) is 27.9 Å². The van der Waals surface area contributed by atoms with Gasteiger partial charge in [-0.2, -0.15) is 5.10 Å². The maximum Gasteiger partial charge on any atom is 0.246 e. The number of amides is 1. The lowest BCUT2D eigenvalue weighted by Gasteiger charge is -2.12. The number of hydrogen-bond acceptors (Lipinski definition) is 5. The molecule has 0 aliphatic heterocycles. The molecule has 0 aliphatic rings. The van der Waals surface area contributed by atoms with Gasteiger partial charge in [0.25, 0.3) is 0 Å². The number of rotatable bonds is 4. The Morgan fingerprint density at radius 3 is 2.90 bits per heavy atom. The van der Waals surface area contributed by atoms with Gasteiger partial charge in [-0.3, -0.25) is 9.48 Å².